The number of esters is 1. The molecule has 1 N–H and O–H groups in total. The minimum absolute atomic E-state index is 0.0127. The van der Waals surface area contributed by atoms with Gasteiger partial charge in [-0.3, -0.25) is 0 Å². The monoisotopic (exact) mass is 330 g/mol. The summed E-state index contributed by atoms with van der Waals surface area (Å²) in [7, 11) is 4.10. The van der Waals surface area contributed by atoms with Crippen molar-refractivity contribution in [2.45, 2.75) is 44.8 Å². The van der Waals surface area contributed by atoms with Crippen molar-refractivity contribution in [3.8, 4) is 5.75 Å². The van der Waals surface area contributed by atoms with Crippen molar-refractivity contribution in [1.29, 1.82) is 0 Å². The van der Waals surface area contributed by atoms with Crippen LogP contribution in [0.25, 0.3) is 10.9 Å². The molecular weight excluding hydrogens is 304 g/mol. The number of H-pyrrole nitrogens is 1. The third-order valence-corrected chi connectivity index (χ3v) is 4.32. The van der Waals surface area contributed by atoms with Crippen LogP contribution >= 0.6 is 0 Å². The minimum Gasteiger partial charge on any atom is -0.424 e. The Kier molecular flexibility index (Phi) is 4.65. The molecule has 2 aromatic rings. The Balaban J connectivity index is 1.84. The fourth-order valence-electron chi connectivity index (χ4n) is 2.97. The van der Waals surface area contributed by atoms with E-state index in [4.69, 9.17) is 9.47 Å². The van der Waals surface area contributed by atoms with Crippen LogP contribution < -0.4 is 4.74 Å². The molecule has 1 aromatic carbocycles. The van der Waals surface area contributed by atoms with E-state index in [1.54, 1.807) is 0 Å². The van der Waals surface area contributed by atoms with Gasteiger partial charge in [-0.05, 0) is 64.9 Å². The SMILES string of the molecule is CC(C)OC1(C(=O)Oc2cccc3[nH]cc(CCN(C)C)c23)CC1. The van der Waals surface area contributed by atoms with E-state index >= 15 is 0 Å². The highest BCUT2D eigenvalue weighted by Crippen LogP contribution is 2.42. The molecule has 24 heavy (non-hydrogen) atoms. The third kappa shape index (κ3) is 3.47. The fourth-order valence-corrected chi connectivity index (χ4v) is 2.97. The average Bonchev–Trinajstić information content (AvgIpc) is 3.16. The molecule has 5 nitrogen and oxygen atoms in total. The number of nitrogens with one attached hydrogen (secondary N) is 1. The molecule has 0 unspecified atom stereocenters. The molecule has 0 spiro atoms. The first-order valence-electron chi connectivity index (χ1n) is 8.55. The van der Waals surface area contributed by atoms with Crippen molar-refractivity contribution in [2.75, 3.05) is 20.6 Å². The molecule has 0 saturated heterocycles. The van der Waals surface area contributed by atoms with Gasteiger partial charge in [-0.25, -0.2) is 4.79 Å². The van der Waals surface area contributed by atoms with E-state index in [1.165, 1.54) is 0 Å². The van der Waals surface area contributed by atoms with E-state index in [0.717, 1.165) is 42.3 Å². The number of benzene rings is 1. The zero-order valence-corrected chi connectivity index (χ0v) is 14.9. The van der Waals surface area contributed by atoms with Gasteiger partial charge in [0.15, 0.2) is 5.60 Å². The van der Waals surface area contributed by atoms with Gasteiger partial charge < -0.3 is 19.4 Å². The number of likely N-dealkylation sites (N-methyl/N-ethyl adjacent to an activating group) is 1. The number of fused-ring (bicyclic) bond motifs is 1. The van der Waals surface area contributed by atoms with Crippen LogP contribution in [0.3, 0.4) is 0 Å². The zero-order chi connectivity index (χ0) is 17.3. The maximum absolute atomic E-state index is 12.6. The smallest absolute Gasteiger partial charge is 0.343 e. The molecule has 3 rings (SSSR count). The summed E-state index contributed by atoms with van der Waals surface area (Å²) < 4.78 is 11.6. The number of aromatic amines is 1. The number of ether oxygens (including phenoxy) is 2. The van der Waals surface area contributed by atoms with Gasteiger partial charge in [0.05, 0.1) is 6.10 Å². The topological polar surface area (TPSA) is 54.6 Å². The second-order valence-electron chi connectivity index (χ2n) is 7.10. The highest BCUT2D eigenvalue weighted by atomic mass is 16.6. The maximum Gasteiger partial charge on any atom is 0.343 e. The van der Waals surface area contributed by atoms with Gasteiger partial charge >= 0.3 is 5.97 Å². The van der Waals surface area contributed by atoms with Crippen molar-refractivity contribution < 1.29 is 14.3 Å². The van der Waals surface area contributed by atoms with Gasteiger partial charge in [-0.2, -0.15) is 0 Å². The molecule has 0 amide bonds. The lowest BCUT2D eigenvalue weighted by Gasteiger charge is -2.18. The Hall–Kier alpha value is -1.85. The number of hydrogen-bond donors (Lipinski definition) is 1. The highest BCUT2D eigenvalue weighted by molar-refractivity contribution is 5.93. The third-order valence-electron chi connectivity index (χ3n) is 4.32. The Bertz CT molecular complexity index is 729. The molecule has 1 saturated carbocycles. The normalized spacial score (nSPS) is 16.1. The van der Waals surface area contributed by atoms with Gasteiger partial charge in [0.25, 0.3) is 0 Å². The Labute approximate surface area is 142 Å². The van der Waals surface area contributed by atoms with Gasteiger partial charge in [0, 0.05) is 23.6 Å². The number of carbonyl (C=O) groups is 1. The van der Waals surface area contributed by atoms with Crippen LogP contribution in [0.2, 0.25) is 0 Å². The number of hydrogen-bond acceptors (Lipinski definition) is 4. The van der Waals surface area contributed by atoms with Crippen LogP contribution in [0.15, 0.2) is 24.4 Å². The molecule has 0 radical (unpaired) electrons. The van der Waals surface area contributed by atoms with E-state index < -0.39 is 5.60 Å². The van der Waals surface area contributed by atoms with E-state index in [-0.39, 0.29) is 12.1 Å². The first-order chi connectivity index (χ1) is 11.4. The molecule has 1 aromatic heterocycles. The van der Waals surface area contributed by atoms with Crippen LogP contribution in [0, 0.1) is 0 Å². The lowest BCUT2D eigenvalue weighted by molar-refractivity contribution is -0.153. The van der Waals surface area contributed by atoms with Crippen LogP contribution in [0.1, 0.15) is 32.3 Å². The van der Waals surface area contributed by atoms with Crippen molar-refractivity contribution in [2.24, 2.45) is 0 Å². The molecule has 130 valence electrons. The molecule has 1 aliphatic rings. The molecule has 1 aliphatic carbocycles. The van der Waals surface area contributed by atoms with Crippen molar-refractivity contribution >= 4 is 16.9 Å². The van der Waals surface area contributed by atoms with Crippen LogP contribution in [0.4, 0.5) is 0 Å². The van der Waals surface area contributed by atoms with Crippen LogP contribution in [-0.2, 0) is 16.0 Å². The summed E-state index contributed by atoms with van der Waals surface area (Å²) in [5, 5.41) is 0.994. The Morgan fingerprint density at radius 1 is 1.33 bits per heavy atom. The van der Waals surface area contributed by atoms with Gasteiger partial charge in [-0.15, -0.1) is 0 Å². The summed E-state index contributed by atoms with van der Waals surface area (Å²) in [6.07, 6.45) is 4.39. The molecule has 0 atom stereocenters. The van der Waals surface area contributed by atoms with E-state index in [0.29, 0.717) is 5.75 Å². The maximum atomic E-state index is 12.6. The van der Waals surface area contributed by atoms with Gasteiger partial charge in [-0.1, -0.05) is 6.07 Å². The number of aromatic nitrogens is 1. The second kappa shape index (κ2) is 6.57. The predicted octanol–water partition coefficient (Wildman–Crippen LogP) is 3.14. The van der Waals surface area contributed by atoms with Crippen LogP contribution in [0.5, 0.6) is 5.75 Å². The largest absolute Gasteiger partial charge is 0.424 e. The molecule has 1 fully saturated rings. The number of carbonyl (C=O) groups excluding carboxylic acids is 1. The lowest BCUT2D eigenvalue weighted by Crippen LogP contribution is -2.33. The molecule has 1 heterocycles. The fraction of sp³-hybridized carbons (Fsp3) is 0.526. The number of rotatable bonds is 7. The standard InChI is InChI=1S/C19H26N2O3/c1-13(2)24-19(9-10-19)18(22)23-16-7-5-6-15-17(16)14(12-20-15)8-11-21(3)4/h5-7,12-13,20H,8-11H2,1-4H3. The van der Waals surface area contributed by atoms with E-state index in [2.05, 4.69) is 24.0 Å². The quantitative estimate of drug-likeness (QED) is 0.626. The van der Waals surface area contributed by atoms with Gasteiger partial charge in [0.1, 0.15) is 5.75 Å². The first-order valence-corrected chi connectivity index (χ1v) is 8.55. The van der Waals surface area contributed by atoms with Crippen LogP contribution in [-0.4, -0.2) is 48.2 Å². The highest BCUT2D eigenvalue weighted by Gasteiger charge is 2.54. The number of nitrogens with zero attached hydrogens (tertiary/aromatic N) is 1. The summed E-state index contributed by atoms with van der Waals surface area (Å²) in [5.74, 6) is 0.342. The summed E-state index contributed by atoms with van der Waals surface area (Å²) in [4.78, 5) is 18.0. The summed E-state index contributed by atoms with van der Waals surface area (Å²) in [5.41, 5.74) is 1.41. The van der Waals surface area contributed by atoms with E-state index in [1.807, 2.05) is 38.2 Å². The average molecular weight is 330 g/mol. The minimum atomic E-state index is -0.740. The molecule has 0 aliphatic heterocycles. The summed E-state index contributed by atoms with van der Waals surface area (Å²) in [6, 6.07) is 5.77. The van der Waals surface area contributed by atoms with Crippen molar-refractivity contribution in [1.82, 2.24) is 9.88 Å². The summed E-state index contributed by atoms with van der Waals surface area (Å²) in [6.45, 7) is 4.83. The molecular formula is C19H26N2O3. The van der Waals surface area contributed by atoms with Crippen molar-refractivity contribution in [3.63, 3.8) is 0 Å². The molecule has 5 heteroatoms. The Morgan fingerprint density at radius 2 is 2.08 bits per heavy atom. The summed E-state index contributed by atoms with van der Waals surface area (Å²) >= 11 is 0. The van der Waals surface area contributed by atoms with Gasteiger partial charge in [0.2, 0.25) is 0 Å². The lowest BCUT2D eigenvalue weighted by atomic mass is 10.1. The first kappa shape index (κ1) is 17.0. The van der Waals surface area contributed by atoms with E-state index in [9.17, 15) is 4.79 Å². The predicted molar refractivity (Wildman–Crippen MR) is 94.4 cm³/mol. The van der Waals surface area contributed by atoms with Crippen molar-refractivity contribution in [3.05, 3.63) is 30.0 Å². The Morgan fingerprint density at radius 3 is 2.71 bits per heavy atom. The zero-order valence-electron chi connectivity index (χ0n) is 14.9. The second-order valence-corrected chi connectivity index (χ2v) is 7.10. The molecule has 0 bridgehead atoms.